The number of ether oxygens (including phenoxy) is 2. The average molecular weight is 292 g/mol. The molecule has 1 amide bonds. The fourth-order valence-corrected chi connectivity index (χ4v) is 2.18. The van der Waals surface area contributed by atoms with Gasteiger partial charge in [-0.3, -0.25) is 5.32 Å². The van der Waals surface area contributed by atoms with Gasteiger partial charge in [-0.1, -0.05) is 0 Å². The summed E-state index contributed by atoms with van der Waals surface area (Å²) in [6.45, 7) is 6.66. The van der Waals surface area contributed by atoms with Crippen molar-refractivity contribution in [3.63, 3.8) is 0 Å². The van der Waals surface area contributed by atoms with Crippen LogP contribution in [0.3, 0.4) is 0 Å². The molecule has 0 bridgehead atoms. The molecule has 2 heterocycles. The van der Waals surface area contributed by atoms with E-state index in [1.54, 1.807) is 25.5 Å². The SMILES string of the molecule is CC(C)(C)OC(=O)Nc1c(C#N)cnn1C1CCOCC1. The highest BCUT2D eigenvalue weighted by Gasteiger charge is 2.24. The number of carbonyl (C=O) groups excluding carboxylic acids is 1. The molecule has 21 heavy (non-hydrogen) atoms. The molecular formula is C14H20N4O3. The Balaban J connectivity index is 2.19. The number of nitrogens with one attached hydrogen (secondary N) is 1. The Hall–Kier alpha value is -2.07. The zero-order chi connectivity index (χ0) is 15.5. The van der Waals surface area contributed by atoms with E-state index in [2.05, 4.69) is 10.4 Å². The van der Waals surface area contributed by atoms with E-state index in [0.29, 0.717) is 24.6 Å². The van der Waals surface area contributed by atoms with Crippen LogP contribution in [-0.4, -0.2) is 34.7 Å². The molecule has 0 saturated carbocycles. The number of hydrogen-bond acceptors (Lipinski definition) is 5. The first-order chi connectivity index (χ1) is 9.90. The van der Waals surface area contributed by atoms with E-state index in [1.165, 1.54) is 6.20 Å². The summed E-state index contributed by atoms with van der Waals surface area (Å²) in [5.74, 6) is 0.388. The molecule has 1 fully saturated rings. The van der Waals surface area contributed by atoms with Gasteiger partial charge < -0.3 is 9.47 Å². The lowest BCUT2D eigenvalue weighted by Gasteiger charge is -2.25. The van der Waals surface area contributed by atoms with E-state index in [9.17, 15) is 4.79 Å². The van der Waals surface area contributed by atoms with Crippen LogP contribution < -0.4 is 5.32 Å². The first-order valence-electron chi connectivity index (χ1n) is 6.96. The van der Waals surface area contributed by atoms with E-state index in [4.69, 9.17) is 14.7 Å². The van der Waals surface area contributed by atoms with Crippen molar-refractivity contribution < 1.29 is 14.3 Å². The fourth-order valence-electron chi connectivity index (χ4n) is 2.18. The molecule has 0 radical (unpaired) electrons. The molecule has 0 unspecified atom stereocenters. The minimum absolute atomic E-state index is 0.116. The van der Waals surface area contributed by atoms with Crippen molar-refractivity contribution in [2.24, 2.45) is 0 Å². The third kappa shape index (κ3) is 3.95. The normalized spacial score (nSPS) is 16.3. The van der Waals surface area contributed by atoms with Crippen molar-refractivity contribution >= 4 is 11.9 Å². The molecule has 1 N–H and O–H groups in total. The number of nitriles is 1. The molecule has 1 saturated heterocycles. The molecule has 1 aromatic rings. The van der Waals surface area contributed by atoms with Crippen LogP contribution in [0, 0.1) is 11.3 Å². The highest BCUT2D eigenvalue weighted by molar-refractivity contribution is 5.85. The summed E-state index contributed by atoms with van der Waals surface area (Å²) in [7, 11) is 0. The Morgan fingerprint density at radius 1 is 1.52 bits per heavy atom. The van der Waals surface area contributed by atoms with Crippen molar-refractivity contribution in [3.8, 4) is 6.07 Å². The number of aromatic nitrogens is 2. The summed E-state index contributed by atoms with van der Waals surface area (Å²) in [5.41, 5.74) is -0.271. The van der Waals surface area contributed by atoms with Gasteiger partial charge in [-0.25, -0.2) is 9.48 Å². The van der Waals surface area contributed by atoms with Crippen molar-refractivity contribution in [3.05, 3.63) is 11.8 Å². The standard InChI is InChI=1S/C14H20N4O3/c1-14(2,3)21-13(19)17-12-10(8-15)9-16-18(12)11-4-6-20-7-5-11/h9,11H,4-7H2,1-3H3,(H,17,19). The minimum Gasteiger partial charge on any atom is -0.444 e. The molecule has 1 aliphatic heterocycles. The highest BCUT2D eigenvalue weighted by atomic mass is 16.6. The average Bonchev–Trinajstić information content (AvgIpc) is 2.80. The number of nitrogens with zero attached hydrogens (tertiary/aromatic N) is 3. The van der Waals surface area contributed by atoms with Crippen LogP contribution >= 0.6 is 0 Å². The lowest BCUT2D eigenvalue weighted by molar-refractivity contribution is 0.0621. The smallest absolute Gasteiger partial charge is 0.413 e. The second kappa shape index (κ2) is 6.14. The first kappa shape index (κ1) is 15.3. The molecule has 0 aromatic carbocycles. The Morgan fingerprint density at radius 3 is 2.76 bits per heavy atom. The fraction of sp³-hybridized carbons (Fsp3) is 0.643. The van der Waals surface area contributed by atoms with E-state index < -0.39 is 11.7 Å². The zero-order valence-electron chi connectivity index (χ0n) is 12.5. The second-order valence-corrected chi connectivity index (χ2v) is 5.93. The van der Waals surface area contributed by atoms with Gasteiger partial charge >= 0.3 is 6.09 Å². The Bertz CT molecular complexity index is 548. The molecule has 114 valence electrons. The first-order valence-corrected chi connectivity index (χ1v) is 6.96. The highest BCUT2D eigenvalue weighted by Crippen LogP contribution is 2.26. The number of amides is 1. The Kier molecular flexibility index (Phi) is 4.48. The molecule has 7 heteroatoms. The quantitative estimate of drug-likeness (QED) is 0.904. The van der Waals surface area contributed by atoms with Crippen LogP contribution in [0.2, 0.25) is 0 Å². The van der Waals surface area contributed by atoms with Gasteiger partial charge in [-0.2, -0.15) is 10.4 Å². The van der Waals surface area contributed by atoms with Gasteiger partial charge in [-0.15, -0.1) is 0 Å². The maximum absolute atomic E-state index is 11.9. The topological polar surface area (TPSA) is 89.2 Å². The molecule has 0 atom stereocenters. The minimum atomic E-state index is -0.597. The predicted molar refractivity (Wildman–Crippen MR) is 75.9 cm³/mol. The molecule has 2 rings (SSSR count). The number of anilines is 1. The molecule has 7 nitrogen and oxygen atoms in total. The van der Waals surface area contributed by atoms with Gasteiger partial charge in [0.05, 0.1) is 12.2 Å². The maximum atomic E-state index is 11.9. The van der Waals surface area contributed by atoms with Crippen LogP contribution in [0.4, 0.5) is 10.6 Å². The third-order valence-electron chi connectivity index (χ3n) is 3.07. The third-order valence-corrected chi connectivity index (χ3v) is 3.07. The van der Waals surface area contributed by atoms with Gasteiger partial charge in [0.25, 0.3) is 0 Å². The van der Waals surface area contributed by atoms with Crippen LogP contribution in [0.5, 0.6) is 0 Å². The summed E-state index contributed by atoms with van der Waals surface area (Å²) in [4.78, 5) is 11.9. The summed E-state index contributed by atoms with van der Waals surface area (Å²) in [6, 6.07) is 2.15. The van der Waals surface area contributed by atoms with Gasteiger partial charge in [0.1, 0.15) is 17.2 Å². The summed E-state index contributed by atoms with van der Waals surface area (Å²) >= 11 is 0. The predicted octanol–water partition coefficient (Wildman–Crippen LogP) is 2.45. The molecule has 1 aromatic heterocycles. The van der Waals surface area contributed by atoms with Gasteiger partial charge in [-0.05, 0) is 33.6 Å². The molecule has 0 aliphatic carbocycles. The summed E-state index contributed by atoms with van der Waals surface area (Å²) in [5, 5.41) is 16.0. The van der Waals surface area contributed by atoms with Crippen LogP contribution in [-0.2, 0) is 9.47 Å². The van der Waals surface area contributed by atoms with Gasteiger partial charge in [0.15, 0.2) is 5.82 Å². The number of carbonyl (C=O) groups is 1. The largest absolute Gasteiger partial charge is 0.444 e. The zero-order valence-corrected chi connectivity index (χ0v) is 12.5. The summed E-state index contributed by atoms with van der Waals surface area (Å²) < 4.78 is 12.2. The van der Waals surface area contributed by atoms with E-state index >= 15 is 0 Å². The maximum Gasteiger partial charge on any atom is 0.413 e. The monoisotopic (exact) mass is 292 g/mol. The van der Waals surface area contributed by atoms with Crippen molar-refractivity contribution in [1.82, 2.24) is 9.78 Å². The number of rotatable bonds is 2. The summed E-state index contributed by atoms with van der Waals surface area (Å²) in [6.07, 6.45) is 2.47. The van der Waals surface area contributed by atoms with E-state index in [-0.39, 0.29) is 6.04 Å². The van der Waals surface area contributed by atoms with Crippen molar-refractivity contribution in [1.29, 1.82) is 5.26 Å². The molecule has 0 spiro atoms. The molecule has 1 aliphatic rings. The van der Waals surface area contributed by atoms with Gasteiger partial charge in [0, 0.05) is 13.2 Å². The Labute approximate surface area is 123 Å². The molecular weight excluding hydrogens is 272 g/mol. The van der Waals surface area contributed by atoms with E-state index in [1.807, 2.05) is 6.07 Å². The lowest BCUT2D eigenvalue weighted by atomic mass is 10.1. The van der Waals surface area contributed by atoms with Crippen LogP contribution in [0.25, 0.3) is 0 Å². The number of hydrogen-bond donors (Lipinski definition) is 1. The van der Waals surface area contributed by atoms with Crippen molar-refractivity contribution in [2.45, 2.75) is 45.3 Å². The second-order valence-electron chi connectivity index (χ2n) is 5.93. The lowest BCUT2D eigenvalue weighted by Crippen LogP contribution is -2.29. The van der Waals surface area contributed by atoms with E-state index in [0.717, 1.165) is 12.8 Å². The van der Waals surface area contributed by atoms with Crippen LogP contribution in [0.1, 0.15) is 45.2 Å². The van der Waals surface area contributed by atoms with Crippen molar-refractivity contribution in [2.75, 3.05) is 18.5 Å². The van der Waals surface area contributed by atoms with Crippen LogP contribution in [0.15, 0.2) is 6.20 Å². The Morgan fingerprint density at radius 2 is 2.19 bits per heavy atom. The van der Waals surface area contributed by atoms with Gasteiger partial charge in [0.2, 0.25) is 0 Å².